The van der Waals surface area contributed by atoms with Crippen molar-refractivity contribution in [3.63, 3.8) is 0 Å². The van der Waals surface area contributed by atoms with Gasteiger partial charge in [-0.15, -0.1) is 0 Å². The van der Waals surface area contributed by atoms with E-state index in [9.17, 15) is 17.6 Å². The Bertz CT molecular complexity index is 1170. The highest BCUT2D eigenvalue weighted by Crippen LogP contribution is 2.31. The molecule has 1 aliphatic carbocycles. The number of pyridine rings is 1. The summed E-state index contributed by atoms with van der Waals surface area (Å²) in [6.07, 6.45) is 4.87. The van der Waals surface area contributed by atoms with Crippen molar-refractivity contribution in [3.05, 3.63) is 53.6 Å². The number of ether oxygens (including phenoxy) is 1. The Morgan fingerprint density at radius 3 is 2.69 bits per heavy atom. The average molecular weight is 462 g/mol. The molecule has 4 rings (SSSR count). The van der Waals surface area contributed by atoms with Crippen molar-refractivity contribution in [2.45, 2.75) is 37.8 Å². The van der Waals surface area contributed by atoms with E-state index in [1.54, 1.807) is 12.1 Å². The van der Waals surface area contributed by atoms with Gasteiger partial charge in [-0.25, -0.2) is 22.1 Å². The maximum atomic E-state index is 14.7. The second kappa shape index (κ2) is 8.05. The molecule has 1 amide bonds. The molecule has 1 saturated heterocycles. The number of halogens is 1. The molecule has 1 atom stereocenters. The quantitative estimate of drug-likeness (QED) is 0.628. The maximum absolute atomic E-state index is 14.7. The predicted molar refractivity (Wildman–Crippen MR) is 117 cm³/mol. The number of hydrogen-bond donors (Lipinski definition) is 3. The number of amides is 1. The molecule has 0 bridgehead atoms. The molecule has 11 heteroatoms. The topological polar surface area (TPSA) is 124 Å². The lowest BCUT2D eigenvalue weighted by Gasteiger charge is -2.40. The fraction of sp³-hybridized carbons (Fsp3) is 0.381. The van der Waals surface area contributed by atoms with Crippen LogP contribution >= 0.6 is 0 Å². The van der Waals surface area contributed by atoms with Crippen LogP contribution in [0.2, 0.25) is 0 Å². The van der Waals surface area contributed by atoms with Crippen LogP contribution in [0.1, 0.15) is 42.2 Å². The molecule has 2 aliphatic rings. The SMILES string of the molecule is CN1C(=N)N[C@](C)(c2cc(NC(=O)c3ccc(OC4CCC4)cn3)ccc2F)CS1(=O)=O. The molecular formula is C21H24FN5O4S. The highest BCUT2D eigenvalue weighted by molar-refractivity contribution is 7.89. The number of carbonyl (C=O) groups is 1. The fourth-order valence-corrected chi connectivity index (χ4v) is 5.08. The van der Waals surface area contributed by atoms with E-state index in [1.165, 1.54) is 32.3 Å². The van der Waals surface area contributed by atoms with Gasteiger partial charge in [-0.1, -0.05) is 0 Å². The number of rotatable bonds is 5. The number of benzene rings is 1. The van der Waals surface area contributed by atoms with E-state index in [0.29, 0.717) is 5.75 Å². The van der Waals surface area contributed by atoms with E-state index in [4.69, 9.17) is 10.1 Å². The normalized spacial score (nSPS) is 22.6. The van der Waals surface area contributed by atoms with Crippen molar-refractivity contribution in [2.75, 3.05) is 18.1 Å². The molecule has 1 aromatic carbocycles. The summed E-state index contributed by atoms with van der Waals surface area (Å²) in [7, 11) is -2.55. The molecule has 2 heterocycles. The van der Waals surface area contributed by atoms with E-state index in [2.05, 4.69) is 15.6 Å². The Morgan fingerprint density at radius 1 is 1.34 bits per heavy atom. The molecule has 2 aromatic rings. The third kappa shape index (κ3) is 4.24. The molecule has 2 fully saturated rings. The molecule has 170 valence electrons. The minimum absolute atomic E-state index is 0.0222. The van der Waals surface area contributed by atoms with Gasteiger partial charge in [0.05, 0.1) is 23.6 Å². The lowest BCUT2D eigenvalue weighted by atomic mass is 9.93. The van der Waals surface area contributed by atoms with Gasteiger partial charge in [0.1, 0.15) is 17.3 Å². The molecule has 0 unspecified atom stereocenters. The van der Waals surface area contributed by atoms with E-state index >= 15 is 0 Å². The molecule has 1 saturated carbocycles. The van der Waals surface area contributed by atoms with Crippen molar-refractivity contribution in [1.29, 1.82) is 5.41 Å². The predicted octanol–water partition coefficient (Wildman–Crippen LogP) is 2.42. The molecular weight excluding hydrogens is 437 g/mol. The molecule has 3 N–H and O–H groups in total. The van der Waals surface area contributed by atoms with Crippen LogP contribution in [0.3, 0.4) is 0 Å². The second-order valence-electron chi connectivity index (χ2n) is 8.23. The summed E-state index contributed by atoms with van der Waals surface area (Å²) in [5.41, 5.74) is -0.931. The molecule has 0 radical (unpaired) electrons. The average Bonchev–Trinajstić information content (AvgIpc) is 2.70. The van der Waals surface area contributed by atoms with E-state index in [1.807, 2.05) is 0 Å². The van der Waals surface area contributed by atoms with Crippen LogP contribution in [0.4, 0.5) is 10.1 Å². The zero-order valence-electron chi connectivity index (χ0n) is 17.7. The van der Waals surface area contributed by atoms with E-state index in [-0.39, 0.29) is 29.0 Å². The Balaban J connectivity index is 1.52. The fourth-order valence-electron chi connectivity index (χ4n) is 3.61. The van der Waals surface area contributed by atoms with Crippen LogP contribution in [0.25, 0.3) is 0 Å². The number of anilines is 1. The van der Waals surface area contributed by atoms with E-state index in [0.717, 1.165) is 29.6 Å². The van der Waals surface area contributed by atoms with E-state index < -0.39 is 33.0 Å². The Labute approximate surface area is 185 Å². The lowest BCUT2D eigenvalue weighted by Crippen LogP contribution is -2.61. The number of hydrogen-bond acceptors (Lipinski definition) is 6. The van der Waals surface area contributed by atoms with Gasteiger partial charge in [-0.2, -0.15) is 0 Å². The lowest BCUT2D eigenvalue weighted by molar-refractivity contribution is 0.102. The van der Waals surface area contributed by atoms with Gasteiger partial charge in [0.25, 0.3) is 5.91 Å². The summed E-state index contributed by atoms with van der Waals surface area (Å²) in [6, 6.07) is 7.11. The van der Waals surface area contributed by atoms with Crippen molar-refractivity contribution < 1.29 is 22.3 Å². The molecule has 9 nitrogen and oxygen atoms in total. The second-order valence-corrected chi connectivity index (χ2v) is 10.2. The first-order valence-corrected chi connectivity index (χ1v) is 11.8. The molecule has 0 spiro atoms. The van der Waals surface area contributed by atoms with Crippen molar-refractivity contribution in [1.82, 2.24) is 14.6 Å². The Kier molecular flexibility index (Phi) is 5.53. The van der Waals surface area contributed by atoms with Gasteiger partial charge in [-0.3, -0.25) is 10.2 Å². The van der Waals surface area contributed by atoms with Crippen molar-refractivity contribution in [3.8, 4) is 5.75 Å². The van der Waals surface area contributed by atoms with Gasteiger partial charge in [0.15, 0.2) is 0 Å². The monoisotopic (exact) mass is 461 g/mol. The van der Waals surface area contributed by atoms with Gasteiger partial charge < -0.3 is 15.4 Å². The number of aromatic nitrogens is 1. The zero-order valence-corrected chi connectivity index (χ0v) is 18.5. The molecule has 32 heavy (non-hydrogen) atoms. The summed E-state index contributed by atoms with van der Waals surface area (Å²) in [5.74, 6) is -1.36. The number of guanidine groups is 1. The van der Waals surface area contributed by atoms with Crippen LogP contribution in [-0.4, -0.2) is 48.5 Å². The summed E-state index contributed by atoms with van der Waals surface area (Å²) in [4.78, 5) is 16.7. The summed E-state index contributed by atoms with van der Waals surface area (Å²) >= 11 is 0. The van der Waals surface area contributed by atoms with Gasteiger partial charge in [-0.05, 0) is 56.5 Å². The van der Waals surface area contributed by atoms with Crippen molar-refractivity contribution >= 4 is 27.6 Å². The molecule has 1 aromatic heterocycles. The Morgan fingerprint density at radius 2 is 2.09 bits per heavy atom. The highest BCUT2D eigenvalue weighted by atomic mass is 32.2. The molecule has 1 aliphatic heterocycles. The first-order chi connectivity index (χ1) is 15.1. The smallest absolute Gasteiger partial charge is 0.274 e. The zero-order chi connectivity index (χ0) is 23.1. The maximum Gasteiger partial charge on any atom is 0.274 e. The number of nitrogens with zero attached hydrogens (tertiary/aromatic N) is 2. The van der Waals surface area contributed by atoms with Crippen LogP contribution in [-0.2, 0) is 15.6 Å². The van der Waals surface area contributed by atoms with Crippen LogP contribution in [0.15, 0.2) is 36.5 Å². The number of nitrogens with one attached hydrogen (secondary N) is 3. The largest absolute Gasteiger partial charge is 0.489 e. The standard InChI is InChI=1S/C21H24FN5O4S/c1-21(12-32(29,30)27(2)20(23)26-21)16-10-13(6-8-17(16)22)25-19(28)18-9-7-15(11-24-18)31-14-4-3-5-14/h6-11,14H,3-5,12H2,1-2H3,(H2,23,26)(H,25,28)/t21-/m0/s1. The third-order valence-electron chi connectivity index (χ3n) is 5.74. The summed E-state index contributed by atoms with van der Waals surface area (Å²) in [5, 5.41) is 13.3. The number of carbonyl (C=O) groups excluding carboxylic acids is 1. The van der Waals surface area contributed by atoms with Crippen molar-refractivity contribution in [2.24, 2.45) is 0 Å². The summed E-state index contributed by atoms with van der Waals surface area (Å²) in [6.45, 7) is 1.50. The highest BCUT2D eigenvalue weighted by Gasteiger charge is 2.43. The van der Waals surface area contributed by atoms with Crippen LogP contribution in [0, 0.1) is 11.2 Å². The Hall–Kier alpha value is -3.21. The van der Waals surface area contributed by atoms with Gasteiger partial charge in [0, 0.05) is 18.3 Å². The third-order valence-corrected chi connectivity index (χ3v) is 7.70. The number of sulfonamides is 1. The minimum Gasteiger partial charge on any atom is -0.489 e. The first kappa shape index (κ1) is 22.0. The van der Waals surface area contributed by atoms with Gasteiger partial charge >= 0.3 is 0 Å². The van der Waals surface area contributed by atoms with Gasteiger partial charge in [0.2, 0.25) is 16.0 Å². The summed E-state index contributed by atoms with van der Waals surface area (Å²) < 4.78 is 46.0. The minimum atomic E-state index is -3.80. The van der Waals surface area contributed by atoms with Crippen LogP contribution in [0.5, 0.6) is 5.75 Å². The van der Waals surface area contributed by atoms with Crippen LogP contribution < -0.4 is 15.4 Å². The first-order valence-electron chi connectivity index (χ1n) is 10.1.